The second kappa shape index (κ2) is 3.56. The maximum Gasteiger partial charge on any atom is 0.303 e. The van der Waals surface area contributed by atoms with E-state index in [1.54, 1.807) is 0 Å². The van der Waals surface area contributed by atoms with Crippen LogP contribution in [0.5, 0.6) is 0 Å². The van der Waals surface area contributed by atoms with Gasteiger partial charge in [-0.25, -0.2) is 0 Å². The Kier molecular flexibility index (Phi) is 2.68. The topological polar surface area (TPSA) is 49.8 Å². The van der Waals surface area contributed by atoms with Crippen LogP contribution < -0.4 is 0 Å². The molecule has 1 heterocycles. The van der Waals surface area contributed by atoms with Gasteiger partial charge in [-0.1, -0.05) is 6.42 Å². The number of carboxylic acid groups (broad SMARTS) is 1. The largest absolute Gasteiger partial charge is 0.481 e. The maximum atomic E-state index is 10.0. The molecule has 0 radical (unpaired) electrons. The number of rotatable bonds is 5. The first kappa shape index (κ1) is 7.54. The predicted molar refractivity (Wildman–Crippen MR) is 35.8 cm³/mol. The van der Waals surface area contributed by atoms with Crippen LogP contribution in [-0.2, 0) is 9.53 Å². The second-order valence-corrected chi connectivity index (χ2v) is 2.59. The van der Waals surface area contributed by atoms with Crippen molar-refractivity contribution < 1.29 is 14.6 Å². The normalized spacial score (nSPS) is 22.6. The highest BCUT2D eigenvalue weighted by Gasteiger charge is 2.20. The number of carbonyl (C=O) groups is 1. The van der Waals surface area contributed by atoms with Crippen molar-refractivity contribution in [2.75, 3.05) is 6.61 Å². The van der Waals surface area contributed by atoms with Gasteiger partial charge >= 0.3 is 5.97 Å². The van der Waals surface area contributed by atoms with Crippen LogP contribution >= 0.6 is 0 Å². The minimum atomic E-state index is -0.697. The van der Waals surface area contributed by atoms with E-state index < -0.39 is 5.97 Å². The highest BCUT2D eigenvalue weighted by atomic mass is 16.6. The summed E-state index contributed by atoms with van der Waals surface area (Å²) in [6, 6.07) is 0. The number of ether oxygens (including phenoxy) is 1. The maximum absolute atomic E-state index is 10.0. The van der Waals surface area contributed by atoms with Crippen molar-refractivity contribution in [3.05, 3.63) is 0 Å². The summed E-state index contributed by atoms with van der Waals surface area (Å²) in [5.74, 6) is -0.697. The van der Waals surface area contributed by atoms with Crippen molar-refractivity contribution >= 4 is 5.97 Å². The molecule has 1 fully saturated rings. The number of epoxide rings is 1. The highest BCUT2D eigenvalue weighted by Crippen LogP contribution is 2.16. The van der Waals surface area contributed by atoms with Crippen molar-refractivity contribution in [2.45, 2.75) is 31.8 Å². The molecule has 0 aromatic carbocycles. The van der Waals surface area contributed by atoms with Gasteiger partial charge in [0.15, 0.2) is 0 Å². The minimum absolute atomic E-state index is 0.298. The molecule has 1 atom stereocenters. The highest BCUT2D eigenvalue weighted by molar-refractivity contribution is 5.66. The van der Waals surface area contributed by atoms with Crippen molar-refractivity contribution in [3.63, 3.8) is 0 Å². The molecular formula is C7H12O3. The monoisotopic (exact) mass is 144 g/mol. The Morgan fingerprint density at radius 2 is 2.30 bits per heavy atom. The van der Waals surface area contributed by atoms with Crippen LogP contribution in [0.25, 0.3) is 0 Å². The van der Waals surface area contributed by atoms with Crippen molar-refractivity contribution in [1.29, 1.82) is 0 Å². The van der Waals surface area contributed by atoms with Crippen LogP contribution in [0.2, 0.25) is 0 Å². The molecule has 0 unspecified atom stereocenters. The quantitative estimate of drug-likeness (QED) is 0.463. The SMILES string of the molecule is O=C(O)CCCC[C@@H]1CO1. The molecule has 1 aliphatic rings. The summed E-state index contributed by atoms with van der Waals surface area (Å²) in [6.07, 6.45) is 3.56. The average molecular weight is 144 g/mol. The third-order valence-electron chi connectivity index (χ3n) is 1.57. The number of aliphatic carboxylic acids is 1. The Morgan fingerprint density at radius 1 is 1.60 bits per heavy atom. The lowest BCUT2D eigenvalue weighted by atomic mass is 10.1. The van der Waals surface area contributed by atoms with Gasteiger partial charge < -0.3 is 9.84 Å². The molecule has 0 amide bonds. The molecule has 1 saturated heterocycles. The van der Waals surface area contributed by atoms with Crippen LogP contribution in [0.4, 0.5) is 0 Å². The van der Waals surface area contributed by atoms with E-state index in [1.165, 1.54) is 0 Å². The van der Waals surface area contributed by atoms with Crippen molar-refractivity contribution in [1.82, 2.24) is 0 Å². The van der Waals surface area contributed by atoms with E-state index in [9.17, 15) is 4.79 Å². The number of carboxylic acids is 1. The van der Waals surface area contributed by atoms with Gasteiger partial charge in [-0.2, -0.15) is 0 Å². The molecule has 10 heavy (non-hydrogen) atoms. The molecule has 0 bridgehead atoms. The lowest BCUT2D eigenvalue weighted by Gasteiger charge is -1.92. The van der Waals surface area contributed by atoms with Crippen LogP contribution in [0.1, 0.15) is 25.7 Å². The third kappa shape index (κ3) is 3.45. The molecule has 0 saturated carbocycles. The van der Waals surface area contributed by atoms with Gasteiger partial charge in [-0.3, -0.25) is 4.79 Å². The van der Waals surface area contributed by atoms with Gasteiger partial charge in [-0.05, 0) is 12.8 Å². The van der Waals surface area contributed by atoms with Gasteiger partial charge in [0.05, 0.1) is 12.7 Å². The van der Waals surface area contributed by atoms with E-state index in [0.29, 0.717) is 12.5 Å². The Balaban J connectivity index is 1.80. The summed E-state index contributed by atoms with van der Waals surface area (Å²) in [6.45, 7) is 0.882. The van der Waals surface area contributed by atoms with Crippen LogP contribution in [-0.4, -0.2) is 23.8 Å². The molecule has 0 spiro atoms. The van der Waals surface area contributed by atoms with E-state index in [0.717, 1.165) is 25.9 Å². The van der Waals surface area contributed by atoms with E-state index in [1.807, 2.05) is 0 Å². The molecule has 0 aromatic heterocycles. The first-order valence-corrected chi connectivity index (χ1v) is 3.62. The third-order valence-corrected chi connectivity index (χ3v) is 1.57. The second-order valence-electron chi connectivity index (χ2n) is 2.59. The number of hydrogen-bond donors (Lipinski definition) is 1. The lowest BCUT2D eigenvalue weighted by Crippen LogP contribution is -1.94. The van der Waals surface area contributed by atoms with Gasteiger partial charge in [0.1, 0.15) is 0 Å². The van der Waals surface area contributed by atoms with E-state index in [4.69, 9.17) is 9.84 Å². The molecule has 0 aliphatic carbocycles. The zero-order valence-corrected chi connectivity index (χ0v) is 5.88. The molecule has 0 aromatic rings. The van der Waals surface area contributed by atoms with Crippen molar-refractivity contribution in [3.8, 4) is 0 Å². The lowest BCUT2D eigenvalue weighted by molar-refractivity contribution is -0.137. The van der Waals surface area contributed by atoms with E-state index in [2.05, 4.69) is 0 Å². The molecule has 58 valence electrons. The summed E-state index contributed by atoms with van der Waals surface area (Å²) >= 11 is 0. The molecule has 1 rings (SSSR count). The molecule has 3 heteroatoms. The fourth-order valence-electron chi connectivity index (χ4n) is 0.883. The zero-order valence-electron chi connectivity index (χ0n) is 5.88. The molecule has 3 nitrogen and oxygen atoms in total. The fourth-order valence-corrected chi connectivity index (χ4v) is 0.883. The first-order valence-electron chi connectivity index (χ1n) is 3.62. The molecular weight excluding hydrogens is 132 g/mol. The molecule has 1 aliphatic heterocycles. The van der Waals surface area contributed by atoms with Crippen LogP contribution in [0.3, 0.4) is 0 Å². The smallest absolute Gasteiger partial charge is 0.303 e. The fraction of sp³-hybridized carbons (Fsp3) is 0.857. The van der Waals surface area contributed by atoms with Gasteiger partial charge in [0, 0.05) is 6.42 Å². The standard InChI is InChI=1S/C7H12O3/c8-7(9)4-2-1-3-6-5-10-6/h6H,1-5H2,(H,8,9)/t6-/m1/s1. The number of unbranched alkanes of at least 4 members (excludes halogenated alkanes) is 1. The summed E-state index contributed by atoms with van der Waals surface area (Å²) < 4.78 is 4.97. The number of hydrogen-bond acceptors (Lipinski definition) is 2. The minimum Gasteiger partial charge on any atom is -0.481 e. The summed E-state index contributed by atoms with van der Waals surface area (Å²) in [7, 11) is 0. The van der Waals surface area contributed by atoms with Crippen molar-refractivity contribution in [2.24, 2.45) is 0 Å². The Hall–Kier alpha value is -0.570. The first-order chi connectivity index (χ1) is 4.79. The van der Waals surface area contributed by atoms with Crippen LogP contribution in [0.15, 0.2) is 0 Å². The predicted octanol–water partition coefficient (Wildman–Crippen LogP) is 1.03. The van der Waals surface area contributed by atoms with Gasteiger partial charge in [0.2, 0.25) is 0 Å². The Morgan fingerprint density at radius 3 is 2.80 bits per heavy atom. The van der Waals surface area contributed by atoms with Gasteiger partial charge in [0.25, 0.3) is 0 Å². The van der Waals surface area contributed by atoms with Crippen LogP contribution in [0, 0.1) is 0 Å². The summed E-state index contributed by atoms with van der Waals surface area (Å²) in [5.41, 5.74) is 0. The van der Waals surface area contributed by atoms with Gasteiger partial charge in [-0.15, -0.1) is 0 Å². The molecule has 1 N–H and O–H groups in total. The van der Waals surface area contributed by atoms with E-state index >= 15 is 0 Å². The zero-order chi connectivity index (χ0) is 7.40. The summed E-state index contributed by atoms with van der Waals surface area (Å²) in [4.78, 5) is 10.0. The Labute approximate surface area is 60.0 Å². The van der Waals surface area contributed by atoms with E-state index in [-0.39, 0.29) is 0 Å². The summed E-state index contributed by atoms with van der Waals surface area (Å²) in [5, 5.41) is 8.26. The average Bonchev–Trinajstić information content (AvgIpc) is 2.62. The Bertz CT molecular complexity index is 118.